The lowest BCUT2D eigenvalue weighted by Crippen LogP contribution is -2.40. The van der Waals surface area contributed by atoms with Gasteiger partial charge >= 0.3 is 5.97 Å². The third kappa shape index (κ3) is 4.45. The molecule has 1 aromatic carbocycles. The molecule has 0 radical (unpaired) electrons. The van der Waals surface area contributed by atoms with Crippen molar-refractivity contribution in [2.24, 2.45) is 0 Å². The van der Waals surface area contributed by atoms with Gasteiger partial charge in [-0.15, -0.1) is 0 Å². The van der Waals surface area contributed by atoms with Gasteiger partial charge in [0.2, 0.25) is 10.0 Å². The monoisotopic (exact) mass is 369 g/mol. The number of rotatable bonds is 6. The molecule has 0 aliphatic carbocycles. The predicted molar refractivity (Wildman–Crippen MR) is 75.8 cm³/mol. The van der Waals surface area contributed by atoms with Crippen LogP contribution in [0.25, 0.3) is 0 Å². The lowest BCUT2D eigenvalue weighted by atomic mass is 10.2. The van der Waals surface area contributed by atoms with Crippen molar-refractivity contribution in [2.45, 2.75) is 30.7 Å². The Balaban J connectivity index is 3.06. The molecule has 5 nitrogen and oxygen atoms in total. The summed E-state index contributed by atoms with van der Waals surface area (Å²) in [6.07, 6.45) is 0.779. The Hall–Kier alpha value is -0.630. The fraction of sp³-hybridized carbons (Fsp3) is 0.364. The summed E-state index contributed by atoms with van der Waals surface area (Å²) in [6, 6.07) is 3.04. The Labute approximate surface area is 125 Å². The second-order valence-electron chi connectivity index (χ2n) is 3.88. The summed E-state index contributed by atoms with van der Waals surface area (Å²) < 4.78 is 26.7. The molecule has 106 valence electrons. The van der Waals surface area contributed by atoms with Gasteiger partial charge in [-0.25, -0.2) is 8.42 Å². The van der Waals surface area contributed by atoms with Crippen LogP contribution >= 0.6 is 27.5 Å². The van der Waals surface area contributed by atoms with Gasteiger partial charge in [-0.05, 0) is 40.5 Å². The van der Waals surface area contributed by atoms with E-state index in [-0.39, 0.29) is 15.8 Å². The first-order valence-electron chi connectivity index (χ1n) is 5.48. The van der Waals surface area contributed by atoms with Crippen LogP contribution in [-0.4, -0.2) is 25.5 Å². The van der Waals surface area contributed by atoms with Gasteiger partial charge in [-0.2, -0.15) is 4.72 Å². The standard InChI is InChI=1S/C11H13BrClNO4S/c1-2-3-9(11(15)16)14-19(17,18)10-5-4-7(13)6-8(10)12/h4-6,9,14H,2-3H2,1H3,(H,15,16). The second kappa shape index (κ2) is 6.69. The van der Waals surface area contributed by atoms with Crippen LogP contribution in [0.2, 0.25) is 5.02 Å². The number of carbonyl (C=O) groups is 1. The van der Waals surface area contributed by atoms with Crippen molar-refractivity contribution in [3.63, 3.8) is 0 Å². The van der Waals surface area contributed by atoms with Crippen molar-refractivity contribution in [3.05, 3.63) is 27.7 Å². The minimum atomic E-state index is -3.91. The number of hydrogen-bond donors (Lipinski definition) is 2. The molecule has 1 atom stereocenters. The molecular weight excluding hydrogens is 358 g/mol. The van der Waals surface area contributed by atoms with Crippen molar-refractivity contribution in [2.75, 3.05) is 0 Å². The van der Waals surface area contributed by atoms with Crippen molar-refractivity contribution in [1.29, 1.82) is 0 Å². The first-order valence-corrected chi connectivity index (χ1v) is 8.13. The molecule has 0 aliphatic heterocycles. The van der Waals surface area contributed by atoms with Crippen molar-refractivity contribution < 1.29 is 18.3 Å². The van der Waals surface area contributed by atoms with E-state index in [0.717, 1.165) is 0 Å². The minimum absolute atomic E-state index is 0.0424. The number of carboxylic acids is 1. The average molecular weight is 371 g/mol. The van der Waals surface area contributed by atoms with Gasteiger partial charge in [0.05, 0.1) is 4.90 Å². The molecule has 0 amide bonds. The highest BCUT2D eigenvalue weighted by Crippen LogP contribution is 2.25. The molecule has 1 aromatic rings. The van der Waals surface area contributed by atoms with Crippen LogP contribution in [0.15, 0.2) is 27.6 Å². The van der Waals surface area contributed by atoms with Gasteiger partial charge in [0.15, 0.2) is 0 Å². The van der Waals surface area contributed by atoms with Crippen molar-refractivity contribution in [3.8, 4) is 0 Å². The zero-order valence-corrected chi connectivity index (χ0v) is 13.2. The molecule has 1 rings (SSSR count). The molecule has 0 spiro atoms. The summed E-state index contributed by atoms with van der Waals surface area (Å²) in [5, 5.41) is 9.35. The largest absolute Gasteiger partial charge is 0.480 e. The Bertz CT molecular complexity index is 576. The van der Waals surface area contributed by atoms with E-state index in [4.69, 9.17) is 16.7 Å². The Kier molecular flexibility index (Phi) is 5.79. The number of nitrogens with one attached hydrogen (secondary N) is 1. The fourth-order valence-corrected chi connectivity index (χ4v) is 4.07. The quantitative estimate of drug-likeness (QED) is 0.806. The van der Waals surface area contributed by atoms with E-state index in [1.54, 1.807) is 6.92 Å². The lowest BCUT2D eigenvalue weighted by Gasteiger charge is -2.14. The van der Waals surface area contributed by atoms with Crippen LogP contribution in [0, 0.1) is 0 Å². The zero-order valence-electron chi connectivity index (χ0n) is 10.1. The smallest absolute Gasteiger partial charge is 0.321 e. The second-order valence-corrected chi connectivity index (χ2v) is 6.85. The third-order valence-electron chi connectivity index (χ3n) is 2.36. The van der Waals surface area contributed by atoms with Crippen LogP contribution in [0.5, 0.6) is 0 Å². The maximum atomic E-state index is 12.1. The maximum absolute atomic E-state index is 12.1. The Morgan fingerprint density at radius 2 is 2.16 bits per heavy atom. The highest BCUT2D eigenvalue weighted by molar-refractivity contribution is 9.10. The molecule has 0 heterocycles. The SMILES string of the molecule is CCCC(NS(=O)(=O)c1ccc(Cl)cc1Br)C(=O)O. The molecule has 0 aromatic heterocycles. The summed E-state index contributed by atoms with van der Waals surface area (Å²) in [5.74, 6) is -1.20. The van der Waals surface area contributed by atoms with Crippen LogP contribution in [0.4, 0.5) is 0 Å². The van der Waals surface area contributed by atoms with Crippen LogP contribution in [0.1, 0.15) is 19.8 Å². The summed E-state index contributed by atoms with van der Waals surface area (Å²) in [5.41, 5.74) is 0. The topological polar surface area (TPSA) is 83.5 Å². The van der Waals surface area contributed by atoms with Gasteiger partial charge in [0, 0.05) is 9.50 Å². The van der Waals surface area contributed by atoms with E-state index >= 15 is 0 Å². The van der Waals surface area contributed by atoms with E-state index in [0.29, 0.717) is 11.4 Å². The molecular formula is C11H13BrClNO4S. The molecule has 0 aliphatic rings. The van der Waals surface area contributed by atoms with Crippen molar-refractivity contribution >= 4 is 43.5 Å². The number of sulfonamides is 1. The van der Waals surface area contributed by atoms with Crippen LogP contribution < -0.4 is 4.72 Å². The Morgan fingerprint density at radius 1 is 1.53 bits per heavy atom. The zero-order chi connectivity index (χ0) is 14.6. The number of benzene rings is 1. The van der Waals surface area contributed by atoms with E-state index < -0.39 is 22.0 Å². The lowest BCUT2D eigenvalue weighted by molar-refractivity contribution is -0.139. The third-order valence-corrected chi connectivity index (χ3v) is 5.04. The fourth-order valence-electron chi connectivity index (χ4n) is 1.47. The minimum Gasteiger partial charge on any atom is -0.480 e. The summed E-state index contributed by atoms with van der Waals surface area (Å²) in [7, 11) is -3.91. The van der Waals surface area contributed by atoms with E-state index in [9.17, 15) is 13.2 Å². The first kappa shape index (κ1) is 16.4. The van der Waals surface area contributed by atoms with Crippen LogP contribution in [0.3, 0.4) is 0 Å². The van der Waals surface area contributed by atoms with E-state index in [2.05, 4.69) is 20.7 Å². The summed E-state index contributed by atoms with van der Waals surface area (Å²) in [6.45, 7) is 1.78. The number of hydrogen-bond acceptors (Lipinski definition) is 3. The molecule has 0 fully saturated rings. The number of aliphatic carboxylic acids is 1. The first-order chi connectivity index (χ1) is 8.77. The predicted octanol–water partition coefficient (Wildman–Crippen LogP) is 2.63. The number of carboxylic acid groups (broad SMARTS) is 1. The Morgan fingerprint density at radius 3 is 2.63 bits per heavy atom. The van der Waals surface area contributed by atoms with Gasteiger partial charge < -0.3 is 5.11 Å². The van der Waals surface area contributed by atoms with Gasteiger partial charge in [0.25, 0.3) is 0 Å². The molecule has 19 heavy (non-hydrogen) atoms. The van der Waals surface area contributed by atoms with Gasteiger partial charge in [-0.1, -0.05) is 24.9 Å². The molecule has 0 bridgehead atoms. The summed E-state index contributed by atoms with van der Waals surface area (Å²) >= 11 is 8.83. The van der Waals surface area contributed by atoms with Gasteiger partial charge in [-0.3, -0.25) is 4.79 Å². The molecule has 0 saturated heterocycles. The molecule has 0 saturated carbocycles. The van der Waals surface area contributed by atoms with E-state index in [1.165, 1.54) is 18.2 Å². The molecule has 1 unspecified atom stereocenters. The highest BCUT2D eigenvalue weighted by Gasteiger charge is 2.26. The highest BCUT2D eigenvalue weighted by atomic mass is 79.9. The van der Waals surface area contributed by atoms with E-state index in [1.807, 2.05) is 0 Å². The van der Waals surface area contributed by atoms with Crippen LogP contribution in [-0.2, 0) is 14.8 Å². The van der Waals surface area contributed by atoms with Gasteiger partial charge in [0.1, 0.15) is 6.04 Å². The molecule has 8 heteroatoms. The molecule has 2 N–H and O–H groups in total. The van der Waals surface area contributed by atoms with Crippen molar-refractivity contribution in [1.82, 2.24) is 4.72 Å². The normalized spacial score (nSPS) is 13.2. The average Bonchev–Trinajstić information content (AvgIpc) is 2.27. The summed E-state index contributed by atoms with van der Waals surface area (Å²) in [4.78, 5) is 10.9. The maximum Gasteiger partial charge on any atom is 0.321 e. The number of halogens is 2.